The summed E-state index contributed by atoms with van der Waals surface area (Å²) in [6.07, 6.45) is 0. The van der Waals surface area contributed by atoms with Crippen molar-refractivity contribution in [1.29, 1.82) is 0 Å². The van der Waals surface area contributed by atoms with Crippen molar-refractivity contribution in [2.24, 2.45) is 0 Å². The van der Waals surface area contributed by atoms with E-state index in [0.29, 0.717) is 0 Å². The zero-order chi connectivity index (χ0) is 25.3. The quantitative estimate of drug-likeness (QED) is 0.358. The molecule has 4 aromatic carbocycles. The molecule has 0 spiro atoms. The van der Waals surface area contributed by atoms with Crippen LogP contribution in [0.4, 0.5) is 0 Å². The Bertz CT molecular complexity index is 1390. The second-order valence-corrected chi connectivity index (χ2v) is 15.1. The molecule has 6 rings (SSSR count). The molecule has 2 nitrogen and oxygen atoms in total. The lowest BCUT2D eigenvalue weighted by Crippen LogP contribution is -2.73. The number of fused-ring (bicyclic) bond motifs is 3. The summed E-state index contributed by atoms with van der Waals surface area (Å²) < 4.78 is 13.2. The van der Waals surface area contributed by atoms with Gasteiger partial charge < -0.3 is 9.31 Å². The minimum atomic E-state index is -2.54. The normalized spacial score (nSPS) is 18.7. The van der Waals surface area contributed by atoms with Gasteiger partial charge >= 0.3 is 7.12 Å². The van der Waals surface area contributed by atoms with Crippen LogP contribution in [0.1, 0.15) is 38.8 Å². The van der Waals surface area contributed by atoms with Gasteiger partial charge in [-0.2, -0.15) is 0 Å². The molecule has 2 aliphatic rings. The maximum absolute atomic E-state index is 6.59. The van der Waals surface area contributed by atoms with Crippen LogP contribution in [-0.2, 0) is 9.31 Å². The van der Waals surface area contributed by atoms with E-state index >= 15 is 0 Å². The van der Waals surface area contributed by atoms with Crippen molar-refractivity contribution in [3.63, 3.8) is 0 Å². The van der Waals surface area contributed by atoms with Crippen LogP contribution in [0.2, 0.25) is 0 Å². The average molecular weight is 489 g/mol. The highest BCUT2D eigenvalue weighted by Crippen LogP contribution is 2.38. The summed E-state index contributed by atoms with van der Waals surface area (Å²) in [5.74, 6) is 0. The van der Waals surface area contributed by atoms with E-state index in [1.165, 1.54) is 43.0 Å². The SMILES string of the molecule is Cc1ccc([Si]2(c3ccc(C)cc3)c3ccccc3-c3c(B4OC(C)(C)C(C)(C)O4)cccc32)cc1. The van der Waals surface area contributed by atoms with Crippen LogP contribution < -0.4 is 26.2 Å². The van der Waals surface area contributed by atoms with Gasteiger partial charge in [0.05, 0.1) is 11.2 Å². The molecule has 0 radical (unpaired) electrons. The topological polar surface area (TPSA) is 18.5 Å². The zero-order valence-corrected chi connectivity index (χ0v) is 23.1. The summed E-state index contributed by atoms with van der Waals surface area (Å²) in [6, 6.07) is 34.2. The van der Waals surface area contributed by atoms with Crippen molar-refractivity contribution < 1.29 is 9.31 Å². The maximum Gasteiger partial charge on any atom is 0.495 e. The second-order valence-electron chi connectivity index (χ2n) is 11.4. The van der Waals surface area contributed by atoms with Gasteiger partial charge in [-0.25, -0.2) is 0 Å². The molecule has 0 unspecified atom stereocenters. The molecule has 36 heavy (non-hydrogen) atoms. The van der Waals surface area contributed by atoms with Gasteiger partial charge in [0, 0.05) is 0 Å². The molecule has 1 fully saturated rings. The maximum atomic E-state index is 6.59. The van der Waals surface area contributed by atoms with Crippen LogP contribution in [-0.4, -0.2) is 26.4 Å². The van der Waals surface area contributed by atoms with E-state index in [-0.39, 0.29) is 11.2 Å². The van der Waals surface area contributed by atoms with E-state index in [0.717, 1.165) is 5.46 Å². The fraction of sp³-hybridized carbons (Fsp3) is 0.250. The average Bonchev–Trinajstić information content (AvgIpc) is 3.27. The number of benzene rings is 4. The van der Waals surface area contributed by atoms with Crippen LogP contribution in [0.5, 0.6) is 0 Å². The molecule has 0 aromatic heterocycles. The summed E-state index contributed by atoms with van der Waals surface area (Å²) in [5.41, 5.74) is 5.52. The Hall–Kier alpha value is -2.92. The molecule has 1 saturated heterocycles. The highest BCUT2D eigenvalue weighted by molar-refractivity contribution is 7.22. The monoisotopic (exact) mass is 488 g/mol. The molecule has 2 aliphatic heterocycles. The van der Waals surface area contributed by atoms with Crippen molar-refractivity contribution >= 4 is 41.4 Å². The summed E-state index contributed by atoms with van der Waals surface area (Å²) in [6.45, 7) is 12.8. The lowest BCUT2D eigenvalue weighted by Gasteiger charge is -2.32. The minimum absolute atomic E-state index is 0.388. The third kappa shape index (κ3) is 3.25. The lowest BCUT2D eigenvalue weighted by atomic mass is 9.74. The van der Waals surface area contributed by atoms with E-state index in [4.69, 9.17) is 9.31 Å². The van der Waals surface area contributed by atoms with E-state index in [2.05, 4.69) is 133 Å². The third-order valence-electron chi connectivity index (χ3n) is 8.58. The molecule has 4 aromatic rings. The first-order valence-electron chi connectivity index (χ1n) is 12.9. The molecule has 0 bridgehead atoms. The van der Waals surface area contributed by atoms with Gasteiger partial charge in [-0.3, -0.25) is 0 Å². The van der Waals surface area contributed by atoms with Crippen LogP contribution >= 0.6 is 0 Å². The smallest absolute Gasteiger partial charge is 0.399 e. The van der Waals surface area contributed by atoms with Crippen LogP contribution in [0.3, 0.4) is 0 Å². The van der Waals surface area contributed by atoms with E-state index in [1.54, 1.807) is 0 Å². The number of rotatable bonds is 3. The second kappa shape index (κ2) is 8.04. The molecule has 2 heterocycles. The van der Waals surface area contributed by atoms with E-state index in [9.17, 15) is 0 Å². The van der Waals surface area contributed by atoms with E-state index in [1.807, 2.05) is 0 Å². The van der Waals surface area contributed by atoms with Gasteiger partial charge in [-0.1, -0.05) is 102 Å². The van der Waals surface area contributed by atoms with Gasteiger partial charge in [0.15, 0.2) is 8.07 Å². The predicted octanol–water partition coefficient (Wildman–Crippen LogP) is 3.96. The third-order valence-corrected chi connectivity index (χ3v) is 13.4. The first-order chi connectivity index (χ1) is 17.1. The zero-order valence-electron chi connectivity index (χ0n) is 22.1. The van der Waals surface area contributed by atoms with Crippen molar-refractivity contribution in [3.05, 3.63) is 102 Å². The molecule has 0 amide bonds. The van der Waals surface area contributed by atoms with Crippen LogP contribution in [0, 0.1) is 13.8 Å². The molecule has 0 atom stereocenters. The minimum Gasteiger partial charge on any atom is -0.399 e. The lowest BCUT2D eigenvalue weighted by molar-refractivity contribution is 0.00578. The van der Waals surface area contributed by atoms with E-state index < -0.39 is 15.2 Å². The van der Waals surface area contributed by atoms with Crippen LogP contribution in [0.15, 0.2) is 91.0 Å². The highest BCUT2D eigenvalue weighted by atomic mass is 28.3. The van der Waals surface area contributed by atoms with Gasteiger partial charge in [0.1, 0.15) is 0 Å². The van der Waals surface area contributed by atoms with Gasteiger partial charge in [-0.05, 0) is 78.9 Å². The molecule has 180 valence electrons. The first-order valence-corrected chi connectivity index (χ1v) is 14.9. The Morgan fingerprint density at radius 1 is 0.583 bits per heavy atom. The molecule has 0 aliphatic carbocycles. The number of hydrogen-bond donors (Lipinski definition) is 0. The standard InChI is InChI=1S/C32H33BO2Si/c1-22-14-18-24(19-15-22)36(25-20-16-23(2)17-21-25)28-12-8-7-10-26(28)30-27(11-9-13-29(30)36)33-34-31(3,4)32(5,6)35-33/h7-21H,1-6H3. The largest absolute Gasteiger partial charge is 0.495 e. The summed E-state index contributed by atoms with van der Waals surface area (Å²) in [7, 11) is -2.94. The summed E-state index contributed by atoms with van der Waals surface area (Å²) >= 11 is 0. The van der Waals surface area contributed by atoms with Crippen molar-refractivity contribution in [2.45, 2.75) is 52.7 Å². The van der Waals surface area contributed by atoms with Gasteiger partial charge in [-0.15, -0.1) is 0 Å². The van der Waals surface area contributed by atoms with Crippen LogP contribution in [0.25, 0.3) is 11.1 Å². The van der Waals surface area contributed by atoms with Crippen molar-refractivity contribution in [1.82, 2.24) is 0 Å². The van der Waals surface area contributed by atoms with Crippen molar-refractivity contribution in [3.8, 4) is 11.1 Å². The Kier molecular flexibility index (Phi) is 5.24. The first kappa shape index (κ1) is 23.5. The Labute approximate surface area is 216 Å². The molecule has 4 heteroatoms. The Morgan fingerprint density at radius 3 is 1.64 bits per heavy atom. The fourth-order valence-electron chi connectivity index (χ4n) is 5.92. The molecular weight excluding hydrogens is 455 g/mol. The highest BCUT2D eigenvalue weighted by Gasteiger charge is 2.55. The van der Waals surface area contributed by atoms with Gasteiger partial charge in [0.25, 0.3) is 0 Å². The summed E-state index contributed by atoms with van der Waals surface area (Å²) in [5, 5.41) is 5.68. The number of aryl methyl sites for hydroxylation is 2. The van der Waals surface area contributed by atoms with Crippen molar-refractivity contribution in [2.75, 3.05) is 0 Å². The Morgan fingerprint density at radius 2 is 1.08 bits per heavy atom. The van der Waals surface area contributed by atoms with Gasteiger partial charge in [0.2, 0.25) is 0 Å². The Balaban J connectivity index is 1.68. The molecular formula is C32H33BO2Si. The molecule has 0 saturated carbocycles. The molecule has 0 N–H and O–H groups in total. The predicted molar refractivity (Wildman–Crippen MR) is 154 cm³/mol. The fourth-order valence-corrected chi connectivity index (χ4v) is 11.1. The number of hydrogen-bond acceptors (Lipinski definition) is 2. The summed E-state index contributed by atoms with van der Waals surface area (Å²) in [4.78, 5) is 0.